The Balaban J connectivity index is 0.00000417. The maximum atomic E-state index is 11.5. The molecule has 0 aliphatic heterocycles. The molecule has 0 saturated carbocycles. The molecule has 0 radical (unpaired) electrons. The minimum Gasteiger partial charge on any atom is -0.550 e. The first-order valence-electron chi connectivity index (χ1n) is 14.5. The Hall–Kier alpha value is -3.65. The molecule has 6 aromatic rings. The fourth-order valence-electron chi connectivity index (χ4n) is 5.41. The number of hydrogen-bond donors (Lipinski definition) is 0. The van der Waals surface area contributed by atoms with Crippen LogP contribution < -0.4 is 44.1 Å². The molecule has 6 rings (SSSR count). The smallest absolute Gasteiger partial charge is 0.550 e. The summed E-state index contributed by atoms with van der Waals surface area (Å²) in [4.78, 5) is 20.9. The van der Waals surface area contributed by atoms with E-state index in [1.807, 2.05) is 104 Å². The van der Waals surface area contributed by atoms with Gasteiger partial charge in [0.25, 0.3) is 0 Å². The van der Waals surface area contributed by atoms with Crippen molar-refractivity contribution in [1.82, 2.24) is 9.97 Å². The molecular formula is C37H29Cl2N2NaO4. The SMILES string of the molecule is CC(CCC(=O)[O-])(c1ccc(OCc2ccc3ccccc3n2)c(Cl)c1)c1ccc(OCc2ccc3ccccc3n2)c(Cl)c1.[Na+]. The topological polar surface area (TPSA) is 84.4 Å². The van der Waals surface area contributed by atoms with E-state index in [1.165, 1.54) is 0 Å². The van der Waals surface area contributed by atoms with Gasteiger partial charge in [-0.15, -0.1) is 0 Å². The van der Waals surface area contributed by atoms with E-state index in [0.717, 1.165) is 44.3 Å². The zero-order valence-electron chi connectivity index (χ0n) is 25.5. The number of hydrogen-bond acceptors (Lipinski definition) is 6. The molecule has 9 heteroatoms. The molecule has 0 unspecified atom stereocenters. The van der Waals surface area contributed by atoms with Crippen molar-refractivity contribution >= 4 is 51.0 Å². The Morgan fingerprint density at radius 2 is 1.15 bits per heavy atom. The van der Waals surface area contributed by atoms with Crippen LogP contribution in [-0.2, 0) is 23.4 Å². The first-order chi connectivity index (χ1) is 21.8. The Labute approximate surface area is 299 Å². The van der Waals surface area contributed by atoms with Crippen molar-refractivity contribution in [2.24, 2.45) is 0 Å². The molecule has 2 aromatic heterocycles. The third-order valence-electron chi connectivity index (χ3n) is 8.03. The molecule has 226 valence electrons. The van der Waals surface area contributed by atoms with Crippen molar-refractivity contribution in [3.8, 4) is 11.5 Å². The van der Waals surface area contributed by atoms with Crippen LogP contribution in [0.1, 0.15) is 42.3 Å². The molecule has 0 aliphatic carbocycles. The van der Waals surface area contributed by atoms with Gasteiger partial charge in [0.05, 0.1) is 32.5 Å². The van der Waals surface area contributed by atoms with Gasteiger partial charge in [-0.2, -0.15) is 0 Å². The van der Waals surface area contributed by atoms with E-state index in [9.17, 15) is 9.90 Å². The van der Waals surface area contributed by atoms with Gasteiger partial charge in [0.2, 0.25) is 0 Å². The van der Waals surface area contributed by atoms with Crippen LogP contribution in [0.3, 0.4) is 0 Å². The fourth-order valence-corrected chi connectivity index (χ4v) is 5.88. The van der Waals surface area contributed by atoms with Crippen LogP contribution in [0.4, 0.5) is 0 Å². The van der Waals surface area contributed by atoms with E-state index < -0.39 is 11.4 Å². The standard InChI is InChI=1S/C37H30Cl2N2O4.Na/c1-37(19-18-36(42)43,26-12-16-34(30(38)20-26)44-22-28-14-10-24-6-2-4-8-32(24)40-28)27-13-17-35(31(39)21-27)45-23-29-15-11-25-7-3-5-9-33(25)41-29;/h2-17,20-21H,18-19,22-23H2,1H3,(H,42,43);/q;+1/p-1. The van der Waals surface area contributed by atoms with Crippen molar-refractivity contribution in [2.45, 2.75) is 38.4 Å². The summed E-state index contributed by atoms with van der Waals surface area (Å²) in [5.41, 5.74) is 4.23. The number of carbonyl (C=O) groups excluding carboxylic acids is 1. The first-order valence-corrected chi connectivity index (χ1v) is 15.3. The van der Waals surface area contributed by atoms with Gasteiger partial charge < -0.3 is 19.4 Å². The summed E-state index contributed by atoms with van der Waals surface area (Å²) >= 11 is 13.4. The minimum atomic E-state index is -1.14. The second-order valence-corrected chi connectivity index (χ2v) is 11.9. The van der Waals surface area contributed by atoms with Crippen LogP contribution in [0.2, 0.25) is 10.0 Å². The van der Waals surface area contributed by atoms with Crippen LogP contribution >= 0.6 is 23.2 Å². The number of benzene rings is 4. The van der Waals surface area contributed by atoms with Gasteiger partial charge in [0.1, 0.15) is 24.7 Å². The number of aromatic nitrogens is 2. The van der Waals surface area contributed by atoms with Crippen molar-refractivity contribution < 1.29 is 48.9 Å². The molecule has 0 spiro atoms. The number of halogens is 2. The van der Waals surface area contributed by atoms with Crippen molar-refractivity contribution in [3.05, 3.63) is 142 Å². The number of carboxylic acids is 1. The van der Waals surface area contributed by atoms with Crippen molar-refractivity contribution in [3.63, 3.8) is 0 Å². The zero-order chi connectivity index (χ0) is 31.4. The molecule has 2 heterocycles. The van der Waals surface area contributed by atoms with Crippen LogP contribution in [0.5, 0.6) is 11.5 Å². The van der Waals surface area contributed by atoms with Crippen LogP contribution in [0.15, 0.2) is 109 Å². The summed E-state index contributed by atoms with van der Waals surface area (Å²) in [6, 6.07) is 34.7. The molecular weight excluding hydrogens is 630 g/mol. The van der Waals surface area contributed by atoms with E-state index in [1.54, 1.807) is 12.1 Å². The first kappa shape index (κ1) is 33.7. The number of para-hydroxylation sites is 2. The molecule has 0 aliphatic rings. The number of ether oxygens (including phenoxy) is 2. The average Bonchev–Trinajstić information content (AvgIpc) is 3.05. The number of fused-ring (bicyclic) bond motifs is 2. The number of pyridine rings is 2. The van der Waals surface area contributed by atoms with E-state index in [0.29, 0.717) is 21.5 Å². The second kappa shape index (κ2) is 14.8. The van der Waals surface area contributed by atoms with Crippen molar-refractivity contribution in [2.75, 3.05) is 0 Å². The predicted octanol–water partition coefficient (Wildman–Crippen LogP) is 5.09. The summed E-state index contributed by atoms with van der Waals surface area (Å²) in [5.74, 6) is -0.132. The minimum absolute atomic E-state index is 0. The van der Waals surface area contributed by atoms with Gasteiger partial charge >= 0.3 is 29.6 Å². The number of aliphatic carboxylic acids is 1. The Morgan fingerprint density at radius 3 is 1.59 bits per heavy atom. The second-order valence-electron chi connectivity index (χ2n) is 11.1. The molecule has 0 fully saturated rings. The van der Waals surface area contributed by atoms with E-state index in [4.69, 9.17) is 32.7 Å². The zero-order valence-corrected chi connectivity index (χ0v) is 29.0. The summed E-state index contributed by atoms with van der Waals surface area (Å²) < 4.78 is 12.0. The van der Waals surface area contributed by atoms with E-state index >= 15 is 0 Å². The summed E-state index contributed by atoms with van der Waals surface area (Å²) in [6.07, 6.45) is 0.119. The normalized spacial score (nSPS) is 11.3. The van der Waals surface area contributed by atoms with E-state index in [-0.39, 0.29) is 55.6 Å². The Morgan fingerprint density at radius 1 is 0.696 bits per heavy atom. The predicted molar refractivity (Wildman–Crippen MR) is 176 cm³/mol. The third-order valence-corrected chi connectivity index (χ3v) is 8.62. The number of rotatable bonds is 11. The molecule has 0 saturated heterocycles. The molecule has 0 N–H and O–H groups in total. The summed E-state index contributed by atoms with van der Waals surface area (Å²) in [6.45, 7) is 2.46. The molecule has 46 heavy (non-hydrogen) atoms. The number of carbonyl (C=O) groups is 1. The summed E-state index contributed by atoms with van der Waals surface area (Å²) in [7, 11) is 0. The maximum Gasteiger partial charge on any atom is 1.00 e. The van der Waals surface area contributed by atoms with E-state index in [2.05, 4.69) is 9.97 Å². The molecule has 0 amide bonds. The van der Waals surface area contributed by atoms with Gasteiger partial charge in [0, 0.05) is 22.2 Å². The number of nitrogens with zero attached hydrogens (tertiary/aromatic N) is 2. The molecule has 6 nitrogen and oxygen atoms in total. The molecule has 0 atom stereocenters. The van der Waals surface area contributed by atoms with Crippen molar-refractivity contribution in [1.29, 1.82) is 0 Å². The van der Waals surface area contributed by atoms with Gasteiger partial charge in [-0.3, -0.25) is 0 Å². The summed E-state index contributed by atoms with van der Waals surface area (Å²) in [5, 5.41) is 14.5. The van der Waals surface area contributed by atoms with Crippen LogP contribution in [0.25, 0.3) is 21.8 Å². The van der Waals surface area contributed by atoms with Gasteiger partial charge in [0.15, 0.2) is 0 Å². The van der Waals surface area contributed by atoms with Gasteiger partial charge in [-0.1, -0.05) is 90.8 Å². The third kappa shape index (κ3) is 7.65. The molecule has 0 bridgehead atoms. The Kier molecular flexibility index (Phi) is 10.9. The Bertz CT molecular complexity index is 1890. The number of carboxylic acid groups (broad SMARTS) is 1. The van der Waals surface area contributed by atoms with Crippen LogP contribution in [-0.4, -0.2) is 15.9 Å². The largest absolute Gasteiger partial charge is 1.00 e. The fraction of sp³-hybridized carbons (Fsp3) is 0.162. The van der Waals surface area contributed by atoms with Crippen LogP contribution in [0, 0.1) is 0 Å². The maximum absolute atomic E-state index is 11.5. The van der Waals surface area contributed by atoms with Gasteiger partial charge in [-0.05, 0) is 72.5 Å². The quantitative estimate of drug-likeness (QED) is 0.180. The monoisotopic (exact) mass is 658 g/mol. The molecule has 4 aromatic carbocycles. The average molecular weight is 660 g/mol. The van der Waals surface area contributed by atoms with Gasteiger partial charge in [-0.25, -0.2) is 9.97 Å².